The van der Waals surface area contributed by atoms with Gasteiger partial charge in [0, 0.05) is 22.8 Å². The predicted molar refractivity (Wildman–Crippen MR) is 173 cm³/mol. The molecule has 9 nitrogen and oxygen atoms in total. The first-order chi connectivity index (χ1) is 21.2. The molecule has 4 aromatic carbocycles. The minimum absolute atomic E-state index is 0. The average Bonchev–Trinajstić information content (AvgIpc) is 3.02. The number of benzene rings is 4. The Morgan fingerprint density at radius 1 is 0.383 bits per heavy atom. The van der Waals surface area contributed by atoms with Crippen LogP contribution in [-0.2, 0) is 39.6 Å². The van der Waals surface area contributed by atoms with Crippen molar-refractivity contribution in [2.24, 2.45) is 20.0 Å². The van der Waals surface area contributed by atoms with Gasteiger partial charge in [-0.2, -0.15) is 0 Å². The second-order valence-corrected chi connectivity index (χ2v) is 9.85. The standard InChI is InChI=1S/2C18H20N2O2.2Fe.O/c2*1-13(15-7-3-5-9-17(15)21)19-11-12-20-14(2)16-8-4-6-10-18(16)22;;;/h2*3-10,21-22H,11-12H2,1-2H3;;;/q;;2*+3;-2/p-4. The normalized spacial score (nSPS) is 11.7. The predicted octanol–water partition coefficient (Wildman–Crippen LogP) is 4.18. The Labute approximate surface area is 297 Å². The number of rotatable bonds is 10. The van der Waals surface area contributed by atoms with Gasteiger partial charge in [0.1, 0.15) is 0 Å². The zero-order valence-electron chi connectivity index (χ0n) is 26.6. The number of hydrogen-bond donors (Lipinski definition) is 0. The third-order valence-corrected chi connectivity index (χ3v) is 6.70. The van der Waals surface area contributed by atoms with Crippen LogP contribution in [0.2, 0.25) is 0 Å². The van der Waals surface area contributed by atoms with Crippen molar-refractivity contribution in [3.63, 3.8) is 0 Å². The molecule has 11 heteroatoms. The summed E-state index contributed by atoms with van der Waals surface area (Å²) in [5, 5.41) is 46.7. The van der Waals surface area contributed by atoms with Crippen LogP contribution in [0.15, 0.2) is 117 Å². The van der Waals surface area contributed by atoms with Gasteiger partial charge in [0.15, 0.2) is 0 Å². The Hall–Kier alpha value is -4.24. The molecule has 0 aliphatic rings. The molecule has 0 saturated carbocycles. The number of aliphatic imine (C=N–C) groups is 4. The maximum Gasteiger partial charge on any atom is 3.00 e. The van der Waals surface area contributed by atoms with E-state index in [0.717, 1.165) is 0 Å². The monoisotopic (exact) mass is 716 g/mol. The molecule has 0 unspecified atom stereocenters. The van der Waals surface area contributed by atoms with Gasteiger partial charge < -0.3 is 25.9 Å². The van der Waals surface area contributed by atoms with Gasteiger partial charge in [-0.3, -0.25) is 20.0 Å². The summed E-state index contributed by atoms with van der Waals surface area (Å²) in [6, 6.07) is 27.3. The Morgan fingerprint density at radius 2 is 0.553 bits per heavy atom. The van der Waals surface area contributed by atoms with E-state index in [1.165, 1.54) is 24.3 Å². The van der Waals surface area contributed by atoms with Crippen LogP contribution in [0.25, 0.3) is 0 Å². The summed E-state index contributed by atoms with van der Waals surface area (Å²) in [7, 11) is 0. The minimum Gasteiger partial charge on any atom is -2.00 e. The second kappa shape index (κ2) is 22.3. The van der Waals surface area contributed by atoms with Gasteiger partial charge in [-0.05, 0) is 49.9 Å². The smallest absolute Gasteiger partial charge is 2.00 e. The van der Waals surface area contributed by atoms with Crippen LogP contribution >= 0.6 is 0 Å². The molecular formula is C36H36Fe2N4O5. The Bertz CT molecular complexity index is 1430. The molecule has 246 valence electrons. The molecule has 0 spiro atoms. The van der Waals surface area contributed by atoms with E-state index in [0.29, 0.717) is 71.3 Å². The zero-order valence-corrected chi connectivity index (χ0v) is 28.8. The number of hydrogen-bond acceptors (Lipinski definition) is 8. The molecule has 4 aromatic rings. The Balaban J connectivity index is 0.000000846. The van der Waals surface area contributed by atoms with Gasteiger partial charge in [-0.15, -0.1) is 0 Å². The molecule has 47 heavy (non-hydrogen) atoms. The minimum atomic E-state index is -0.0243. The van der Waals surface area contributed by atoms with E-state index in [-0.39, 0.29) is 62.6 Å². The number of nitrogens with zero attached hydrogens (tertiary/aromatic N) is 4. The molecule has 0 aliphatic carbocycles. The summed E-state index contributed by atoms with van der Waals surface area (Å²) in [4.78, 5) is 17.5. The molecule has 0 aromatic heterocycles. The van der Waals surface area contributed by atoms with E-state index in [9.17, 15) is 20.4 Å². The van der Waals surface area contributed by atoms with Crippen molar-refractivity contribution in [1.29, 1.82) is 0 Å². The van der Waals surface area contributed by atoms with Gasteiger partial charge in [0.05, 0.1) is 26.2 Å². The van der Waals surface area contributed by atoms with Crippen molar-refractivity contribution < 1.29 is 60.0 Å². The van der Waals surface area contributed by atoms with E-state index in [1.807, 2.05) is 52.0 Å². The molecule has 0 amide bonds. The van der Waals surface area contributed by atoms with Crippen LogP contribution in [0, 0.1) is 0 Å². The molecule has 0 atom stereocenters. The van der Waals surface area contributed by atoms with E-state index in [2.05, 4.69) is 20.0 Å². The summed E-state index contributed by atoms with van der Waals surface area (Å²) < 4.78 is 0. The average molecular weight is 716 g/mol. The van der Waals surface area contributed by atoms with Crippen LogP contribution in [0.1, 0.15) is 49.9 Å². The van der Waals surface area contributed by atoms with Gasteiger partial charge in [0.25, 0.3) is 0 Å². The van der Waals surface area contributed by atoms with Crippen LogP contribution in [-0.4, -0.2) is 49.0 Å². The quantitative estimate of drug-likeness (QED) is 0.136. The summed E-state index contributed by atoms with van der Waals surface area (Å²) >= 11 is 0. The summed E-state index contributed by atoms with van der Waals surface area (Å²) in [5.41, 5.74) is 5.32. The summed E-state index contributed by atoms with van der Waals surface area (Å²) in [6.07, 6.45) is 0. The second-order valence-electron chi connectivity index (χ2n) is 9.85. The fourth-order valence-electron chi connectivity index (χ4n) is 4.27. The van der Waals surface area contributed by atoms with Gasteiger partial charge in [-0.25, -0.2) is 0 Å². The molecule has 0 aliphatic heterocycles. The third kappa shape index (κ3) is 13.6. The molecule has 0 N–H and O–H groups in total. The molecule has 4 rings (SSSR count). The van der Waals surface area contributed by atoms with Crippen LogP contribution in [0.5, 0.6) is 23.0 Å². The van der Waals surface area contributed by atoms with Crippen LogP contribution in [0.3, 0.4) is 0 Å². The maximum absolute atomic E-state index is 11.7. The first-order valence-electron chi connectivity index (χ1n) is 14.3. The van der Waals surface area contributed by atoms with Crippen LogP contribution in [0.4, 0.5) is 0 Å². The molecular weight excluding hydrogens is 680 g/mol. The van der Waals surface area contributed by atoms with E-state index in [4.69, 9.17) is 0 Å². The van der Waals surface area contributed by atoms with Crippen molar-refractivity contribution in [1.82, 2.24) is 0 Å². The third-order valence-electron chi connectivity index (χ3n) is 6.70. The van der Waals surface area contributed by atoms with Crippen molar-refractivity contribution >= 4 is 22.8 Å². The SMILES string of the molecule is CC(=NCCN=C(C)c1ccccc1[O-])c1ccccc1[O-].CC(=NCCN=C(C)c1ccccc1[O-])c1ccccc1[O-].[Fe+3].[Fe+3].[O-2]. The van der Waals surface area contributed by atoms with Crippen molar-refractivity contribution in [2.45, 2.75) is 27.7 Å². The van der Waals surface area contributed by atoms with E-state index < -0.39 is 0 Å². The Morgan fingerprint density at radius 3 is 0.723 bits per heavy atom. The van der Waals surface area contributed by atoms with Crippen molar-refractivity contribution in [3.8, 4) is 23.0 Å². The van der Waals surface area contributed by atoms with Gasteiger partial charge in [0.2, 0.25) is 0 Å². The van der Waals surface area contributed by atoms with Crippen molar-refractivity contribution in [3.05, 3.63) is 119 Å². The topological polar surface area (TPSA) is 170 Å². The van der Waals surface area contributed by atoms with Gasteiger partial charge in [-0.1, -0.05) is 120 Å². The first-order valence-corrected chi connectivity index (χ1v) is 14.3. The molecule has 0 bridgehead atoms. The summed E-state index contributed by atoms with van der Waals surface area (Å²) in [6.45, 7) is 9.22. The first kappa shape index (κ1) is 42.8. The van der Waals surface area contributed by atoms with E-state index >= 15 is 0 Å². The summed E-state index contributed by atoms with van der Waals surface area (Å²) in [5.74, 6) is -0.0974. The molecule has 0 heterocycles. The largest absolute Gasteiger partial charge is 3.00 e. The van der Waals surface area contributed by atoms with Gasteiger partial charge >= 0.3 is 34.1 Å². The Kier molecular flexibility index (Phi) is 20.3. The number of para-hydroxylation sites is 4. The fourth-order valence-corrected chi connectivity index (χ4v) is 4.27. The molecule has 0 fully saturated rings. The molecule has 0 saturated heterocycles. The van der Waals surface area contributed by atoms with E-state index in [1.54, 1.807) is 48.5 Å². The zero-order chi connectivity index (χ0) is 31.9. The fraction of sp³-hybridized carbons (Fsp3) is 0.222. The maximum atomic E-state index is 11.7. The molecule has 2 radical (unpaired) electrons. The van der Waals surface area contributed by atoms with Crippen molar-refractivity contribution in [2.75, 3.05) is 26.2 Å². The van der Waals surface area contributed by atoms with Crippen LogP contribution < -0.4 is 20.4 Å².